The Bertz CT molecular complexity index is 1050. The molecule has 0 atom stereocenters. The van der Waals surface area contributed by atoms with Gasteiger partial charge in [-0.3, -0.25) is 13.9 Å². The van der Waals surface area contributed by atoms with Crippen LogP contribution < -0.4 is 11.2 Å². The summed E-state index contributed by atoms with van der Waals surface area (Å²) in [6.45, 7) is 0. The minimum Gasteiger partial charge on any atom is -0.279 e. The van der Waals surface area contributed by atoms with Crippen molar-refractivity contribution in [1.29, 1.82) is 0 Å². The Morgan fingerprint density at radius 1 is 0.958 bits per heavy atom. The molecule has 0 unspecified atom stereocenters. The third-order valence-corrected chi connectivity index (χ3v) is 3.70. The Hall–Kier alpha value is -2.97. The van der Waals surface area contributed by atoms with Crippen molar-refractivity contribution in [1.82, 2.24) is 19.3 Å². The molecule has 0 spiro atoms. The van der Waals surface area contributed by atoms with Crippen LogP contribution in [0, 0.1) is 0 Å². The summed E-state index contributed by atoms with van der Waals surface area (Å²) in [5.41, 5.74) is -3.72. The zero-order valence-electron chi connectivity index (χ0n) is 12.6. The van der Waals surface area contributed by atoms with Gasteiger partial charge >= 0.3 is 11.9 Å². The van der Waals surface area contributed by atoms with E-state index in [0.29, 0.717) is 4.57 Å². The third kappa shape index (κ3) is 2.29. The van der Waals surface area contributed by atoms with Crippen LogP contribution in [0.1, 0.15) is 5.56 Å². The molecule has 0 saturated heterocycles. The Balaban J connectivity index is 2.59. The Morgan fingerprint density at radius 3 is 2.17 bits per heavy atom. The first-order valence-electron chi connectivity index (χ1n) is 6.82. The molecule has 124 valence electrons. The maximum atomic E-state index is 13.7. The first-order valence-corrected chi connectivity index (χ1v) is 6.82. The molecule has 0 radical (unpaired) electrons. The van der Waals surface area contributed by atoms with Crippen LogP contribution in [0.3, 0.4) is 0 Å². The first-order chi connectivity index (χ1) is 11.2. The Kier molecular flexibility index (Phi) is 3.51. The van der Waals surface area contributed by atoms with Crippen LogP contribution in [0.5, 0.6) is 0 Å². The maximum absolute atomic E-state index is 13.7. The lowest BCUT2D eigenvalue weighted by atomic mass is 10.0. The van der Waals surface area contributed by atoms with Crippen LogP contribution in [0.15, 0.2) is 39.9 Å². The Labute approximate surface area is 132 Å². The largest absolute Gasteiger partial charge is 0.419 e. The second-order valence-electron chi connectivity index (χ2n) is 5.19. The van der Waals surface area contributed by atoms with E-state index in [2.05, 4.69) is 10.2 Å². The van der Waals surface area contributed by atoms with Gasteiger partial charge < -0.3 is 0 Å². The summed E-state index contributed by atoms with van der Waals surface area (Å²) in [5.74, 6) is 0. The minimum atomic E-state index is -4.84. The van der Waals surface area contributed by atoms with E-state index in [9.17, 15) is 22.8 Å². The molecule has 0 bridgehead atoms. The fraction of sp³-hybridized carbons (Fsp3) is 0.200. The lowest BCUT2D eigenvalue weighted by Crippen LogP contribution is -2.38. The summed E-state index contributed by atoms with van der Waals surface area (Å²) in [5, 5.41) is 6.65. The molecule has 3 rings (SSSR count). The summed E-state index contributed by atoms with van der Waals surface area (Å²) in [6, 6.07) is 7.64. The molecule has 2 heterocycles. The number of aromatic nitrogens is 4. The highest BCUT2D eigenvalue weighted by atomic mass is 19.4. The molecule has 0 aliphatic rings. The predicted octanol–water partition coefficient (Wildman–Crippen LogP) is 1.71. The second-order valence-corrected chi connectivity index (χ2v) is 5.19. The topological polar surface area (TPSA) is 69.8 Å². The fourth-order valence-corrected chi connectivity index (χ4v) is 2.51. The van der Waals surface area contributed by atoms with Crippen molar-refractivity contribution in [3.05, 3.63) is 56.7 Å². The van der Waals surface area contributed by atoms with Crippen molar-refractivity contribution in [2.45, 2.75) is 6.18 Å². The molecule has 0 N–H and O–H groups in total. The quantitative estimate of drug-likeness (QED) is 0.678. The highest BCUT2D eigenvalue weighted by Gasteiger charge is 2.39. The molecule has 9 heteroatoms. The van der Waals surface area contributed by atoms with Gasteiger partial charge in [-0.05, 0) is 0 Å². The van der Waals surface area contributed by atoms with Gasteiger partial charge in [0.05, 0.1) is 5.39 Å². The standard InChI is InChI=1S/C15H11F3N4O2/c1-21-12-9(13(23)22(2)14(21)24)10(15(16,17)18)11(19-20-12)8-6-4-3-5-7-8/h3-7H,1-2H3. The number of aryl methyl sites for hydroxylation is 1. The number of hydrogen-bond donors (Lipinski definition) is 0. The molecule has 1 aromatic carbocycles. The molecular weight excluding hydrogens is 325 g/mol. The molecule has 0 aliphatic carbocycles. The van der Waals surface area contributed by atoms with Crippen LogP contribution in [0.4, 0.5) is 13.2 Å². The van der Waals surface area contributed by atoms with E-state index in [0.717, 1.165) is 11.6 Å². The molecule has 2 aromatic heterocycles. The van der Waals surface area contributed by atoms with Crippen molar-refractivity contribution in [3.63, 3.8) is 0 Å². The molecule has 24 heavy (non-hydrogen) atoms. The molecule has 0 aliphatic heterocycles. The van der Waals surface area contributed by atoms with Crippen LogP contribution in [-0.4, -0.2) is 19.3 Å². The van der Waals surface area contributed by atoms with E-state index >= 15 is 0 Å². The molecule has 0 amide bonds. The third-order valence-electron chi connectivity index (χ3n) is 3.70. The van der Waals surface area contributed by atoms with Crippen molar-refractivity contribution < 1.29 is 13.2 Å². The number of rotatable bonds is 1. The normalized spacial score (nSPS) is 11.9. The van der Waals surface area contributed by atoms with E-state index < -0.39 is 39.7 Å². The van der Waals surface area contributed by atoms with Gasteiger partial charge in [-0.15, -0.1) is 10.2 Å². The van der Waals surface area contributed by atoms with Crippen molar-refractivity contribution >= 4 is 11.0 Å². The lowest BCUT2D eigenvalue weighted by molar-refractivity contribution is -0.136. The molecule has 6 nitrogen and oxygen atoms in total. The van der Waals surface area contributed by atoms with Gasteiger partial charge in [-0.25, -0.2) is 4.79 Å². The average Bonchev–Trinajstić information content (AvgIpc) is 2.56. The SMILES string of the molecule is Cn1c(=O)c2c(C(F)(F)F)c(-c3ccccc3)nnc2n(C)c1=O. The number of alkyl halides is 3. The van der Waals surface area contributed by atoms with Crippen molar-refractivity contribution in [3.8, 4) is 11.3 Å². The smallest absolute Gasteiger partial charge is 0.279 e. The predicted molar refractivity (Wildman–Crippen MR) is 80.5 cm³/mol. The van der Waals surface area contributed by atoms with Crippen LogP contribution in [0.2, 0.25) is 0 Å². The number of nitrogens with zero attached hydrogens (tertiary/aromatic N) is 4. The summed E-state index contributed by atoms with van der Waals surface area (Å²) in [7, 11) is 2.36. The fourth-order valence-electron chi connectivity index (χ4n) is 2.51. The molecule has 0 fully saturated rings. The van der Waals surface area contributed by atoms with Crippen LogP contribution in [0.25, 0.3) is 22.3 Å². The highest BCUT2D eigenvalue weighted by Crippen LogP contribution is 2.38. The summed E-state index contributed by atoms with van der Waals surface area (Å²) >= 11 is 0. The van der Waals surface area contributed by atoms with E-state index in [4.69, 9.17) is 0 Å². The van der Waals surface area contributed by atoms with Gasteiger partial charge in [0, 0.05) is 19.7 Å². The van der Waals surface area contributed by atoms with Crippen molar-refractivity contribution in [2.75, 3.05) is 0 Å². The number of halogens is 3. The van der Waals surface area contributed by atoms with Gasteiger partial charge in [-0.2, -0.15) is 13.2 Å². The Morgan fingerprint density at radius 2 is 1.58 bits per heavy atom. The zero-order valence-corrected chi connectivity index (χ0v) is 12.6. The lowest BCUT2D eigenvalue weighted by Gasteiger charge is -2.15. The first kappa shape index (κ1) is 15.9. The molecular formula is C15H11F3N4O2. The van der Waals surface area contributed by atoms with Gasteiger partial charge in [-0.1, -0.05) is 30.3 Å². The monoisotopic (exact) mass is 336 g/mol. The number of hydrogen-bond acceptors (Lipinski definition) is 4. The average molecular weight is 336 g/mol. The van der Waals surface area contributed by atoms with Crippen molar-refractivity contribution in [2.24, 2.45) is 14.1 Å². The van der Waals surface area contributed by atoms with Gasteiger partial charge in [0.25, 0.3) is 5.56 Å². The second kappa shape index (κ2) is 5.29. The number of fused-ring (bicyclic) bond motifs is 1. The van der Waals surface area contributed by atoms with E-state index in [1.54, 1.807) is 18.2 Å². The van der Waals surface area contributed by atoms with Crippen LogP contribution >= 0.6 is 0 Å². The van der Waals surface area contributed by atoms with Crippen LogP contribution in [-0.2, 0) is 20.3 Å². The summed E-state index contributed by atoms with van der Waals surface area (Å²) in [6.07, 6.45) is -4.84. The number of benzene rings is 1. The van der Waals surface area contributed by atoms with Gasteiger partial charge in [0.2, 0.25) is 0 Å². The minimum absolute atomic E-state index is 0.176. The van der Waals surface area contributed by atoms with E-state index in [-0.39, 0.29) is 5.56 Å². The summed E-state index contributed by atoms with van der Waals surface area (Å²) in [4.78, 5) is 24.2. The molecule has 0 saturated carbocycles. The van der Waals surface area contributed by atoms with Gasteiger partial charge in [0.1, 0.15) is 11.3 Å². The summed E-state index contributed by atoms with van der Waals surface area (Å²) < 4.78 is 42.6. The van der Waals surface area contributed by atoms with Gasteiger partial charge in [0.15, 0.2) is 5.65 Å². The maximum Gasteiger partial charge on any atom is 0.419 e. The zero-order chi connectivity index (χ0) is 17.6. The van der Waals surface area contributed by atoms with E-state index in [1.807, 2.05) is 0 Å². The highest BCUT2D eigenvalue weighted by molar-refractivity contribution is 5.84. The van der Waals surface area contributed by atoms with E-state index in [1.165, 1.54) is 19.2 Å². The molecule has 3 aromatic rings.